The van der Waals surface area contributed by atoms with Crippen molar-refractivity contribution in [2.24, 2.45) is 0 Å². The van der Waals surface area contributed by atoms with E-state index in [9.17, 15) is 9.59 Å². The van der Waals surface area contributed by atoms with Crippen molar-refractivity contribution in [2.75, 3.05) is 6.61 Å². The molecule has 0 fully saturated rings. The molecule has 0 N–H and O–H groups in total. The van der Waals surface area contributed by atoms with Crippen molar-refractivity contribution in [1.29, 1.82) is 5.26 Å². The number of ketones is 1. The van der Waals surface area contributed by atoms with Gasteiger partial charge in [-0.1, -0.05) is 22.0 Å². The average Bonchev–Trinajstić information content (AvgIpc) is 2.37. The van der Waals surface area contributed by atoms with Crippen LogP contribution in [0.1, 0.15) is 35.4 Å². The Balaban J connectivity index is 3.13. The van der Waals surface area contributed by atoms with Crippen LogP contribution in [0.25, 0.3) is 0 Å². The van der Waals surface area contributed by atoms with Crippen LogP contribution < -0.4 is 0 Å². The summed E-state index contributed by atoms with van der Waals surface area (Å²) in [6, 6.07) is 6.94. The highest BCUT2D eigenvalue weighted by molar-refractivity contribution is 9.09. The number of Topliss-reactive ketones (excluding diaryl/α,β-unsaturated/α-hetero) is 1. The van der Waals surface area contributed by atoms with E-state index in [4.69, 9.17) is 10.00 Å². The zero-order valence-corrected chi connectivity index (χ0v) is 12.4. The van der Waals surface area contributed by atoms with Crippen molar-refractivity contribution < 1.29 is 14.3 Å². The molecule has 0 aliphatic heterocycles. The highest BCUT2D eigenvalue weighted by Crippen LogP contribution is 2.28. The molecule has 0 spiro atoms. The molecule has 4 nitrogen and oxygen atoms in total. The van der Waals surface area contributed by atoms with Gasteiger partial charge in [-0.3, -0.25) is 9.59 Å². The van der Waals surface area contributed by atoms with E-state index in [1.807, 2.05) is 6.07 Å². The van der Waals surface area contributed by atoms with Gasteiger partial charge in [-0.05, 0) is 37.1 Å². The normalized spacial score (nSPS) is 11.5. The maximum absolute atomic E-state index is 11.6. The third-order valence-corrected chi connectivity index (χ3v) is 3.68. The number of carbonyl (C=O) groups is 2. The molecule has 0 bridgehead atoms. The van der Waals surface area contributed by atoms with E-state index in [0.717, 1.165) is 0 Å². The van der Waals surface area contributed by atoms with Gasteiger partial charge in [-0.25, -0.2) is 0 Å². The van der Waals surface area contributed by atoms with Gasteiger partial charge in [-0.2, -0.15) is 5.26 Å². The van der Waals surface area contributed by atoms with Crippen LogP contribution in [0.5, 0.6) is 0 Å². The molecule has 0 aliphatic rings. The van der Waals surface area contributed by atoms with Crippen LogP contribution in [-0.4, -0.2) is 18.4 Å². The molecule has 0 heterocycles. The third kappa shape index (κ3) is 4.18. The van der Waals surface area contributed by atoms with E-state index in [0.29, 0.717) is 23.3 Å². The SMILES string of the molecule is CCOC(=O)Cc1cc(C#N)ccc1C(Br)C(C)=O. The summed E-state index contributed by atoms with van der Waals surface area (Å²) in [5.41, 5.74) is 1.78. The third-order valence-electron chi connectivity index (χ3n) is 2.54. The maximum atomic E-state index is 11.6. The summed E-state index contributed by atoms with van der Waals surface area (Å²) in [4.78, 5) is 22.5. The van der Waals surface area contributed by atoms with Crippen LogP contribution in [0, 0.1) is 11.3 Å². The highest BCUT2D eigenvalue weighted by atomic mass is 79.9. The highest BCUT2D eigenvalue weighted by Gasteiger charge is 2.19. The Morgan fingerprint density at radius 1 is 1.47 bits per heavy atom. The summed E-state index contributed by atoms with van der Waals surface area (Å²) in [7, 11) is 0. The second-order valence-corrected chi connectivity index (χ2v) is 4.90. The van der Waals surface area contributed by atoms with Gasteiger partial charge in [0.1, 0.15) is 5.78 Å². The summed E-state index contributed by atoms with van der Waals surface area (Å²) in [6.45, 7) is 3.50. The fourth-order valence-corrected chi connectivity index (χ4v) is 2.11. The van der Waals surface area contributed by atoms with Crippen LogP contribution >= 0.6 is 15.9 Å². The maximum Gasteiger partial charge on any atom is 0.310 e. The van der Waals surface area contributed by atoms with Crippen molar-refractivity contribution in [3.05, 3.63) is 34.9 Å². The largest absolute Gasteiger partial charge is 0.466 e. The molecule has 1 aromatic carbocycles. The minimum Gasteiger partial charge on any atom is -0.466 e. The summed E-state index contributed by atoms with van der Waals surface area (Å²) in [5, 5.41) is 8.89. The fourth-order valence-electron chi connectivity index (χ4n) is 1.66. The van der Waals surface area contributed by atoms with Gasteiger partial charge in [0.15, 0.2) is 0 Å². The summed E-state index contributed by atoms with van der Waals surface area (Å²) in [5.74, 6) is -0.433. The molecule has 1 unspecified atom stereocenters. The van der Waals surface area contributed by atoms with Crippen molar-refractivity contribution in [3.63, 3.8) is 0 Å². The van der Waals surface area contributed by atoms with Crippen molar-refractivity contribution in [2.45, 2.75) is 25.1 Å². The first-order valence-electron chi connectivity index (χ1n) is 5.82. The molecule has 1 rings (SSSR count). The molecule has 1 aromatic rings. The first-order chi connectivity index (χ1) is 8.99. The van der Waals surface area contributed by atoms with Crippen LogP contribution in [-0.2, 0) is 20.7 Å². The van der Waals surface area contributed by atoms with Crippen LogP contribution in [0.4, 0.5) is 0 Å². The predicted molar refractivity (Wildman–Crippen MR) is 73.8 cm³/mol. The number of benzene rings is 1. The van der Waals surface area contributed by atoms with Gasteiger partial charge in [0.2, 0.25) is 0 Å². The van der Waals surface area contributed by atoms with Gasteiger partial charge >= 0.3 is 5.97 Å². The van der Waals surface area contributed by atoms with E-state index in [2.05, 4.69) is 15.9 Å². The Bertz CT molecular complexity index is 534. The van der Waals surface area contributed by atoms with E-state index in [1.54, 1.807) is 25.1 Å². The monoisotopic (exact) mass is 323 g/mol. The number of halogens is 1. The molecule has 0 aliphatic carbocycles. The molecule has 0 saturated heterocycles. The van der Waals surface area contributed by atoms with Crippen LogP contribution in [0.2, 0.25) is 0 Å². The molecule has 0 amide bonds. The fraction of sp³-hybridized carbons (Fsp3) is 0.357. The number of rotatable bonds is 5. The Morgan fingerprint density at radius 3 is 2.68 bits per heavy atom. The number of hydrogen-bond donors (Lipinski definition) is 0. The number of carbonyl (C=O) groups excluding carboxylic acids is 2. The number of hydrogen-bond acceptors (Lipinski definition) is 4. The lowest BCUT2D eigenvalue weighted by Gasteiger charge is -2.13. The Hall–Kier alpha value is -1.67. The number of nitriles is 1. The standard InChI is InChI=1S/C14H14BrNO3/c1-3-19-13(18)7-11-6-10(8-16)4-5-12(11)14(15)9(2)17/h4-6,14H,3,7H2,1-2H3. The summed E-state index contributed by atoms with van der Waals surface area (Å²) >= 11 is 3.29. The molecule has 0 radical (unpaired) electrons. The number of nitrogens with zero attached hydrogens (tertiary/aromatic N) is 1. The second-order valence-electron chi connectivity index (χ2n) is 3.98. The van der Waals surface area contributed by atoms with Crippen molar-refractivity contribution in [1.82, 2.24) is 0 Å². The van der Waals surface area contributed by atoms with E-state index in [1.165, 1.54) is 6.92 Å². The molecule has 0 saturated carbocycles. The van der Waals surface area contributed by atoms with E-state index < -0.39 is 4.83 Å². The second kappa shape index (κ2) is 7.05. The minimum absolute atomic E-state index is 0.0497. The van der Waals surface area contributed by atoms with Crippen molar-refractivity contribution >= 4 is 27.7 Å². The van der Waals surface area contributed by atoms with Gasteiger partial charge in [0.25, 0.3) is 0 Å². The van der Waals surface area contributed by atoms with Gasteiger partial charge < -0.3 is 4.74 Å². The Morgan fingerprint density at radius 2 is 2.16 bits per heavy atom. The van der Waals surface area contributed by atoms with Gasteiger partial charge in [0, 0.05) is 0 Å². The van der Waals surface area contributed by atoms with Crippen LogP contribution in [0.15, 0.2) is 18.2 Å². The average molecular weight is 324 g/mol. The summed E-state index contributed by atoms with van der Waals surface area (Å²) < 4.78 is 4.89. The number of alkyl halides is 1. The van der Waals surface area contributed by atoms with Crippen LogP contribution in [0.3, 0.4) is 0 Å². The minimum atomic E-state index is -0.482. The molecular formula is C14H14BrNO3. The van der Waals surface area contributed by atoms with Crippen molar-refractivity contribution in [3.8, 4) is 6.07 Å². The molecule has 0 aromatic heterocycles. The number of esters is 1. The predicted octanol–water partition coefficient (Wildman–Crippen LogP) is 2.69. The first kappa shape index (κ1) is 15.4. The lowest BCUT2D eigenvalue weighted by molar-refractivity contribution is -0.142. The smallest absolute Gasteiger partial charge is 0.310 e. The zero-order chi connectivity index (χ0) is 14.4. The molecule has 1 atom stereocenters. The number of ether oxygens (including phenoxy) is 1. The van der Waals surface area contributed by atoms with E-state index >= 15 is 0 Å². The first-order valence-corrected chi connectivity index (χ1v) is 6.74. The lowest BCUT2D eigenvalue weighted by Crippen LogP contribution is -2.12. The quantitative estimate of drug-likeness (QED) is 0.617. The Labute approximate surface area is 120 Å². The molecule has 19 heavy (non-hydrogen) atoms. The Kier molecular flexibility index (Phi) is 5.71. The topological polar surface area (TPSA) is 67.2 Å². The van der Waals surface area contributed by atoms with E-state index in [-0.39, 0.29) is 18.2 Å². The lowest BCUT2D eigenvalue weighted by atomic mass is 9.98. The van der Waals surface area contributed by atoms with Gasteiger partial charge in [0.05, 0.1) is 29.5 Å². The molecule has 100 valence electrons. The summed E-state index contributed by atoms with van der Waals surface area (Å²) in [6.07, 6.45) is 0.0497. The molecule has 5 heteroatoms. The zero-order valence-electron chi connectivity index (χ0n) is 10.8. The van der Waals surface area contributed by atoms with Gasteiger partial charge in [-0.15, -0.1) is 0 Å². The molecular weight excluding hydrogens is 310 g/mol.